The van der Waals surface area contributed by atoms with E-state index in [0.29, 0.717) is 11.4 Å². The first kappa shape index (κ1) is 8.50. The van der Waals surface area contributed by atoms with Crippen LogP contribution in [0, 0.1) is 0 Å². The van der Waals surface area contributed by atoms with E-state index in [-0.39, 0.29) is 5.91 Å². The third-order valence-corrected chi connectivity index (χ3v) is 1.72. The summed E-state index contributed by atoms with van der Waals surface area (Å²) in [5.41, 5.74) is 0.593. The van der Waals surface area contributed by atoms with E-state index in [2.05, 4.69) is 15.0 Å². The fraction of sp³-hybridized carbons (Fsp3) is 0. The summed E-state index contributed by atoms with van der Waals surface area (Å²) in [6.07, 6.45) is 1.40. The Morgan fingerprint density at radius 3 is 2.64 bits per heavy atom. The molecule has 0 atom stereocenters. The zero-order valence-corrected chi connectivity index (χ0v) is 7.31. The molecule has 1 aromatic carbocycles. The molecule has 1 heterocycles. The lowest BCUT2D eigenvalue weighted by atomic mass is 10.2. The van der Waals surface area contributed by atoms with Crippen LogP contribution < -0.4 is 5.32 Å². The summed E-state index contributed by atoms with van der Waals surface area (Å²) in [6, 6.07) is 10.5. The van der Waals surface area contributed by atoms with Gasteiger partial charge in [0.15, 0.2) is 5.82 Å². The van der Waals surface area contributed by atoms with E-state index in [1.165, 1.54) is 6.26 Å². The fourth-order valence-electron chi connectivity index (χ4n) is 1.06. The van der Waals surface area contributed by atoms with Crippen LogP contribution in [0.3, 0.4) is 0 Å². The lowest BCUT2D eigenvalue weighted by molar-refractivity contribution is 0.102. The van der Waals surface area contributed by atoms with Crippen LogP contribution in [0.2, 0.25) is 0 Å². The third kappa shape index (κ3) is 1.80. The Morgan fingerprint density at radius 1 is 1.21 bits per heavy atom. The molecule has 2 rings (SSSR count). The molecule has 0 saturated carbocycles. The number of amides is 1. The van der Waals surface area contributed by atoms with E-state index < -0.39 is 0 Å². The lowest BCUT2D eigenvalue weighted by Crippen LogP contribution is -2.11. The van der Waals surface area contributed by atoms with Gasteiger partial charge < -0.3 is 9.84 Å². The summed E-state index contributed by atoms with van der Waals surface area (Å²) >= 11 is 0. The molecular weight excluding hydrogens is 180 g/mol. The van der Waals surface area contributed by atoms with Crippen LogP contribution in [-0.2, 0) is 0 Å². The van der Waals surface area contributed by atoms with Crippen LogP contribution in [0.25, 0.3) is 0 Å². The minimum absolute atomic E-state index is 0.195. The molecule has 0 saturated heterocycles. The van der Waals surface area contributed by atoms with Crippen LogP contribution in [0.1, 0.15) is 10.4 Å². The molecule has 0 aliphatic rings. The average molecular weight is 188 g/mol. The molecule has 14 heavy (non-hydrogen) atoms. The maximum atomic E-state index is 11.5. The third-order valence-electron chi connectivity index (χ3n) is 1.72. The van der Waals surface area contributed by atoms with Gasteiger partial charge in [-0.05, 0) is 12.1 Å². The second kappa shape index (κ2) is 3.74. The van der Waals surface area contributed by atoms with Gasteiger partial charge in [-0.15, -0.1) is 0 Å². The number of nitrogens with zero attached hydrogens (tertiary/aromatic N) is 1. The van der Waals surface area contributed by atoms with Gasteiger partial charge in [-0.3, -0.25) is 4.79 Å². The summed E-state index contributed by atoms with van der Waals surface area (Å²) in [5.74, 6) is 0.221. The van der Waals surface area contributed by atoms with Crippen molar-refractivity contribution in [1.29, 1.82) is 0 Å². The van der Waals surface area contributed by atoms with Gasteiger partial charge in [-0.25, -0.2) is 0 Å². The van der Waals surface area contributed by atoms with Crippen LogP contribution in [0.4, 0.5) is 5.82 Å². The quantitative estimate of drug-likeness (QED) is 0.783. The predicted octanol–water partition coefficient (Wildman–Crippen LogP) is 1.93. The van der Waals surface area contributed by atoms with Crippen LogP contribution in [0.15, 0.2) is 47.2 Å². The van der Waals surface area contributed by atoms with Crippen LogP contribution >= 0.6 is 0 Å². The molecule has 1 N–H and O–H groups in total. The molecule has 0 unspecified atom stereocenters. The van der Waals surface area contributed by atoms with Crippen molar-refractivity contribution in [3.05, 3.63) is 48.2 Å². The van der Waals surface area contributed by atoms with E-state index >= 15 is 0 Å². The number of anilines is 1. The maximum Gasteiger partial charge on any atom is 0.256 e. The predicted molar refractivity (Wildman–Crippen MR) is 50.9 cm³/mol. The number of carbonyl (C=O) groups excluding carboxylic acids is 1. The second-order valence-corrected chi connectivity index (χ2v) is 2.70. The Morgan fingerprint density at radius 2 is 2.00 bits per heavy atom. The zero-order chi connectivity index (χ0) is 9.80. The highest BCUT2D eigenvalue weighted by atomic mass is 16.5. The Balaban J connectivity index is 2.11. The first-order valence-electron chi connectivity index (χ1n) is 4.13. The van der Waals surface area contributed by atoms with Gasteiger partial charge in [0.25, 0.3) is 5.91 Å². The normalized spacial score (nSPS) is 9.71. The van der Waals surface area contributed by atoms with Gasteiger partial charge in [0.05, 0.1) is 0 Å². The van der Waals surface area contributed by atoms with Gasteiger partial charge in [-0.1, -0.05) is 23.4 Å². The van der Waals surface area contributed by atoms with Crippen LogP contribution in [0.5, 0.6) is 0 Å². The van der Waals surface area contributed by atoms with E-state index in [1.54, 1.807) is 30.3 Å². The molecule has 4 nitrogen and oxygen atoms in total. The monoisotopic (exact) mass is 188 g/mol. The summed E-state index contributed by atoms with van der Waals surface area (Å²) in [6.45, 7) is 0. The van der Waals surface area contributed by atoms with E-state index in [0.717, 1.165) is 0 Å². The second-order valence-electron chi connectivity index (χ2n) is 2.70. The zero-order valence-electron chi connectivity index (χ0n) is 7.31. The summed E-state index contributed by atoms with van der Waals surface area (Å²) < 4.78 is 4.59. The Kier molecular flexibility index (Phi) is 2.27. The molecule has 0 spiro atoms. The molecule has 70 valence electrons. The van der Waals surface area contributed by atoms with Crippen molar-refractivity contribution in [2.75, 3.05) is 5.32 Å². The SMILES string of the molecule is O=C(Nc1ccon1)c1ccccc1. The van der Waals surface area contributed by atoms with Crippen molar-refractivity contribution in [1.82, 2.24) is 5.16 Å². The van der Waals surface area contributed by atoms with E-state index in [4.69, 9.17) is 0 Å². The minimum atomic E-state index is -0.195. The number of aromatic nitrogens is 1. The highest BCUT2D eigenvalue weighted by Gasteiger charge is 2.05. The smallest absolute Gasteiger partial charge is 0.256 e. The van der Waals surface area contributed by atoms with Gasteiger partial charge in [-0.2, -0.15) is 0 Å². The highest BCUT2D eigenvalue weighted by molar-refractivity contribution is 6.03. The molecule has 1 amide bonds. The number of rotatable bonds is 2. The van der Waals surface area contributed by atoms with Crippen molar-refractivity contribution in [3.63, 3.8) is 0 Å². The van der Waals surface area contributed by atoms with Crippen molar-refractivity contribution in [2.45, 2.75) is 0 Å². The maximum absolute atomic E-state index is 11.5. The molecule has 0 fully saturated rings. The number of hydrogen-bond acceptors (Lipinski definition) is 3. The van der Waals surface area contributed by atoms with Crippen molar-refractivity contribution in [2.24, 2.45) is 0 Å². The first-order chi connectivity index (χ1) is 6.86. The number of benzene rings is 1. The molecule has 0 radical (unpaired) electrons. The molecule has 4 heteroatoms. The van der Waals surface area contributed by atoms with Gasteiger partial charge in [0.2, 0.25) is 0 Å². The number of carbonyl (C=O) groups is 1. The Hall–Kier alpha value is -2.10. The Bertz CT molecular complexity index is 409. The largest absolute Gasteiger partial charge is 0.363 e. The van der Waals surface area contributed by atoms with Crippen molar-refractivity contribution in [3.8, 4) is 0 Å². The molecule has 1 aromatic heterocycles. The lowest BCUT2D eigenvalue weighted by Gasteiger charge is -1.99. The summed E-state index contributed by atoms with van der Waals surface area (Å²) in [7, 11) is 0. The fourth-order valence-corrected chi connectivity index (χ4v) is 1.06. The summed E-state index contributed by atoms with van der Waals surface area (Å²) in [4.78, 5) is 11.5. The van der Waals surface area contributed by atoms with Crippen LogP contribution in [-0.4, -0.2) is 11.1 Å². The Labute approximate surface area is 80.5 Å². The van der Waals surface area contributed by atoms with Crippen molar-refractivity contribution >= 4 is 11.7 Å². The standard InChI is InChI=1S/C10H8N2O2/c13-10(8-4-2-1-3-5-8)11-9-6-7-14-12-9/h1-7H,(H,11,12,13). The molecular formula is C10H8N2O2. The first-order valence-corrected chi connectivity index (χ1v) is 4.13. The number of hydrogen-bond donors (Lipinski definition) is 1. The number of nitrogens with one attached hydrogen (secondary N) is 1. The van der Waals surface area contributed by atoms with Gasteiger partial charge >= 0.3 is 0 Å². The topological polar surface area (TPSA) is 55.1 Å². The average Bonchev–Trinajstić information content (AvgIpc) is 2.72. The molecule has 2 aromatic rings. The molecule has 0 bridgehead atoms. The van der Waals surface area contributed by atoms with E-state index in [9.17, 15) is 4.79 Å². The van der Waals surface area contributed by atoms with Gasteiger partial charge in [0.1, 0.15) is 6.26 Å². The van der Waals surface area contributed by atoms with E-state index in [1.807, 2.05) is 6.07 Å². The van der Waals surface area contributed by atoms with Gasteiger partial charge in [0, 0.05) is 11.6 Å². The molecule has 0 aliphatic carbocycles. The summed E-state index contributed by atoms with van der Waals surface area (Å²) in [5, 5.41) is 6.17. The minimum Gasteiger partial charge on any atom is -0.363 e. The van der Waals surface area contributed by atoms with Crippen molar-refractivity contribution < 1.29 is 9.32 Å². The highest BCUT2D eigenvalue weighted by Crippen LogP contribution is 2.05. The molecule has 0 aliphatic heterocycles.